The van der Waals surface area contributed by atoms with Gasteiger partial charge < -0.3 is 20.4 Å². The number of carbonyl (C=O) groups is 3. The summed E-state index contributed by atoms with van der Waals surface area (Å²) >= 11 is 0. The SMILES string of the molecule is CN(C(=O)CN1C[C@]2(CC[C@](c3ccccc3)(N(C)C)CC2)N(CC2CCC2)C1=O)C(C)(C)C(N)=O. The number of hydrogen-bond acceptors (Lipinski definition) is 4. The summed E-state index contributed by atoms with van der Waals surface area (Å²) in [7, 11) is 5.89. The quantitative estimate of drug-likeness (QED) is 0.598. The number of benzene rings is 1. The van der Waals surface area contributed by atoms with Crippen LogP contribution in [0.1, 0.15) is 64.4 Å². The predicted molar refractivity (Wildman–Crippen MR) is 140 cm³/mol. The molecule has 36 heavy (non-hydrogen) atoms. The van der Waals surface area contributed by atoms with Gasteiger partial charge in [-0.25, -0.2) is 4.79 Å². The number of urea groups is 1. The molecule has 1 saturated heterocycles. The van der Waals surface area contributed by atoms with Crippen LogP contribution in [0.25, 0.3) is 0 Å². The molecule has 1 spiro atoms. The first kappa shape index (κ1) is 26.5. The van der Waals surface area contributed by atoms with Crippen LogP contribution in [0.2, 0.25) is 0 Å². The van der Waals surface area contributed by atoms with Gasteiger partial charge in [0.25, 0.3) is 0 Å². The van der Waals surface area contributed by atoms with Crippen LogP contribution in [0.3, 0.4) is 0 Å². The highest BCUT2D eigenvalue weighted by Crippen LogP contribution is 2.49. The first-order valence-corrected chi connectivity index (χ1v) is 13.3. The third-order valence-corrected chi connectivity index (χ3v) is 9.54. The lowest BCUT2D eigenvalue weighted by Gasteiger charge is -2.51. The van der Waals surface area contributed by atoms with Gasteiger partial charge in [0.1, 0.15) is 12.1 Å². The maximum absolute atomic E-state index is 13.7. The van der Waals surface area contributed by atoms with Gasteiger partial charge in [0.2, 0.25) is 11.8 Å². The summed E-state index contributed by atoms with van der Waals surface area (Å²) in [4.78, 5) is 46.3. The second-order valence-corrected chi connectivity index (χ2v) is 11.9. The van der Waals surface area contributed by atoms with Gasteiger partial charge in [-0.1, -0.05) is 36.8 Å². The van der Waals surface area contributed by atoms with E-state index in [4.69, 9.17) is 5.73 Å². The van der Waals surface area contributed by atoms with Crippen molar-refractivity contribution in [3.8, 4) is 0 Å². The Kier molecular flexibility index (Phi) is 7.12. The molecule has 198 valence electrons. The predicted octanol–water partition coefficient (Wildman–Crippen LogP) is 3.02. The van der Waals surface area contributed by atoms with Crippen molar-refractivity contribution in [3.63, 3.8) is 0 Å². The molecule has 0 aromatic heterocycles. The molecule has 0 bridgehead atoms. The summed E-state index contributed by atoms with van der Waals surface area (Å²) in [5.41, 5.74) is 5.40. The van der Waals surface area contributed by atoms with Crippen LogP contribution in [0.4, 0.5) is 4.79 Å². The fourth-order valence-electron chi connectivity index (χ4n) is 6.26. The molecule has 1 aromatic carbocycles. The van der Waals surface area contributed by atoms with Crippen molar-refractivity contribution in [1.82, 2.24) is 19.6 Å². The van der Waals surface area contributed by atoms with E-state index < -0.39 is 11.4 Å². The molecule has 1 aliphatic heterocycles. The monoisotopic (exact) mass is 497 g/mol. The Bertz CT molecular complexity index is 980. The fourth-order valence-corrected chi connectivity index (χ4v) is 6.26. The van der Waals surface area contributed by atoms with E-state index >= 15 is 0 Å². The minimum absolute atomic E-state index is 0.0352. The van der Waals surface area contributed by atoms with E-state index in [0.717, 1.165) is 32.2 Å². The van der Waals surface area contributed by atoms with E-state index in [1.165, 1.54) is 29.7 Å². The zero-order valence-corrected chi connectivity index (χ0v) is 22.6. The molecular weight excluding hydrogens is 454 g/mol. The molecule has 0 unspecified atom stereocenters. The Hall–Kier alpha value is -2.61. The van der Waals surface area contributed by atoms with Gasteiger partial charge in [-0.2, -0.15) is 0 Å². The van der Waals surface area contributed by atoms with Gasteiger partial charge >= 0.3 is 6.03 Å². The molecule has 3 aliphatic rings. The highest BCUT2D eigenvalue weighted by Gasteiger charge is 2.55. The van der Waals surface area contributed by atoms with Gasteiger partial charge in [-0.3, -0.25) is 14.5 Å². The molecule has 4 amide bonds. The smallest absolute Gasteiger partial charge is 0.321 e. The first-order chi connectivity index (χ1) is 16.9. The van der Waals surface area contributed by atoms with Crippen LogP contribution in [0, 0.1) is 5.92 Å². The molecule has 4 rings (SSSR count). The van der Waals surface area contributed by atoms with Gasteiger partial charge in [0.05, 0.1) is 5.54 Å². The van der Waals surface area contributed by atoms with Gasteiger partial charge in [0.15, 0.2) is 0 Å². The van der Waals surface area contributed by atoms with E-state index in [-0.39, 0.29) is 29.6 Å². The molecule has 0 radical (unpaired) electrons. The molecule has 2 aliphatic carbocycles. The number of carbonyl (C=O) groups excluding carboxylic acids is 3. The van der Waals surface area contributed by atoms with Crippen molar-refractivity contribution in [3.05, 3.63) is 35.9 Å². The lowest BCUT2D eigenvalue weighted by atomic mass is 9.68. The number of amides is 4. The normalized spacial score (nSPS) is 27.0. The molecule has 1 aromatic rings. The number of nitrogens with zero attached hydrogens (tertiary/aromatic N) is 4. The molecule has 8 nitrogen and oxygen atoms in total. The van der Waals surface area contributed by atoms with Crippen LogP contribution < -0.4 is 5.73 Å². The summed E-state index contributed by atoms with van der Waals surface area (Å²) < 4.78 is 0. The maximum Gasteiger partial charge on any atom is 0.321 e. The zero-order valence-electron chi connectivity index (χ0n) is 22.6. The number of likely N-dealkylation sites (N-methyl/N-ethyl adjacent to an activating group) is 1. The summed E-state index contributed by atoms with van der Waals surface area (Å²) in [6, 6.07) is 10.6. The molecule has 3 fully saturated rings. The first-order valence-electron chi connectivity index (χ1n) is 13.3. The van der Waals surface area contributed by atoms with Crippen molar-refractivity contribution in [2.24, 2.45) is 11.7 Å². The molecule has 8 heteroatoms. The van der Waals surface area contributed by atoms with Crippen LogP contribution in [0.15, 0.2) is 30.3 Å². The second kappa shape index (κ2) is 9.69. The summed E-state index contributed by atoms with van der Waals surface area (Å²) in [5, 5.41) is 0. The third-order valence-electron chi connectivity index (χ3n) is 9.54. The van der Waals surface area contributed by atoms with Crippen molar-refractivity contribution < 1.29 is 14.4 Å². The Morgan fingerprint density at radius 3 is 2.17 bits per heavy atom. The van der Waals surface area contributed by atoms with Gasteiger partial charge in [0, 0.05) is 25.7 Å². The Morgan fingerprint density at radius 1 is 1.06 bits per heavy atom. The number of nitrogens with two attached hydrogens (primary N) is 1. The zero-order chi connectivity index (χ0) is 26.3. The maximum atomic E-state index is 13.7. The number of rotatable bonds is 8. The minimum Gasteiger partial charge on any atom is -0.368 e. The van der Waals surface area contributed by atoms with Gasteiger partial charge in [-0.05, 0) is 77.9 Å². The Labute approximate surface area is 215 Å². The lowest BCUT2D eigenvalue weighted by Crippen LogP contribution is -2.56. The van der Waals surface area contributed by atoms with Crippen molar-refractivity contribution in [2.75, 3.05) is 40.8 Å². The molecule has 0 atom stereocenters. The van der Waals surface area contributed by atoms with E-state index in [1.54, 1.807) is 25.8 Å². The molecular formula is C28H43N5O3. The lowest BCUT2D eigenvalue weighted by molar-refractivity contribution is -0.142. The van der Waals surface area contributed by atoms with Crippen molar-refractivity contribution in [1.29, 1.82) is 0 Å². The largest absolute Gasteiger partial charge is 0.368 e. The van der Waals surface area contributed by atoms with Crippen molar-refractivity contribution in [2.45, 2.75) is 75.4 Å². The van der Waals surface area contributed by atoms with Crippen LogP contribution >= 0.6 is 0 Å². The molecule has 1 heterocycles. The van der Waals surface area contributed by atoms with E-state index in [2.05, 4.69) is 54.2 Å². The standard InChI is InChI=1S/C28H43N5O3/c1-26(2,24(29)35)31(5)23(34)19-32-20-27(33(25(32)36)18-21-10-9-11-21)14-16-28(17-15-27,30(3)4)22-12-7-6-8-13-22/h6-8,12-13,21H,9-11,14-20H2,1-5H3,(H2,29,35)/t27-,28+. The fraction of sp³-hybridized carbons (Fsp3) is 0.679. The highest BCUT2D eigenvalue weighted by atomic mass is 16.2. The van der Waals surface area contributed by atoms with Crippen molar-refractivity contribution >= 4 is 17.8 Å². The van der Waals surface area contributed by atoms with Gasteiger partial charge in [-0.15, -0.1) is 0 Å². The highest BCUT2D eigenvalue weighted by molar-refractivity contribution is 5.92. The Balaban J connectivity index is 1.56. The Morgan fingerprint density at radius 2 is 1.67 bits per heavy atom. The van der Waals surface area contributed by atoms with Crippen LogP contribution in [-0.4, -0.2) is 89.3 Å². The number of hydrogen-bond donors (Lipinski definition) is 1. The van der Waals surface area contributed by atoms with Crippen LogP contribution in [-0.2, 0) is 15.1 Å². The van der Waals surface area contributed by atoms with Crippen LogP contribution in [0.5, 0.6) is 0 Å². The summed E-state index contributed by atoms with van der Waals surface area (Å²) in [6.45, 7) is 4.55. The topological polar surface area (TPSA) is 90.2 Å². The van der Waals surface area contributed by atoms with E-state index in [1.807, 2.05) is 0 Å². The summed E-state index contributed by atoms with van der Waals surface area (Å²) in [5.74, 6) is -0.287. The third kappa shape index (κ3) is 4.49. The average Bonchev–Trinajstić information content (AvgIpc) is 3.06. The number of primary amides is 1. The molecule has 2 saturated carbocycles. The van der Waals surface area contributed by atoms with E-state index in [0.29, 0.717) is 12.5 Å². The summed E-state index contributed by atoms with van der Waals surface area (Å²) in [6.07, 6.45) is 7.26. The average molecular weight is 498 g/mol. The second-order valence-electron chi connectivity index (χ2n) is 11.9. The van der Waals surface area contributed by atoms with E-state index in [9.17, 15) is 14.4 Å². The molecule has 2 N–H and O–H groups in total. The minimum atomic E-state index is -1.12.